The molecule has 1 fully saturated rings. The predicted molar refractivity (Wildman–Crippen MR) is 88.7 cm³/mol. The van der Waals surface area contributed by atoms with Crippen LogP contribution in [-0.2, 0) is 22.4 Å². The number of ether oxygens (including phenoxy) is 1. The topological polar surface area (TPSA) is 72.0 Å². The Balaban J connectivity index is 1.69. The number of carbonyl (C=O) groups is 1. The van der Waals surface area contributed by atoms with Gasteiger partial charge in [0.1, 0.15) is 4.83 Å². The molecule has 23 heavy (non-hydrogen) atoms. The van der Waals surface area contributed by atoms with Crippen molar-refractivity contribution >= 4 is 27.5 Å². The molecule has 2 aliphatic rings. The highest BCUT2D eigenvalue weighted by molar-refractivity contribution is 7.18. The fraction of sp³-hybridized carbons (Fsp3) is 0.588. The summed E-state index contributed by atoms with van der Waals surface area (Å²) in [5.41, 5.74) is 1.07. The number of fused-ring (bicyclic) bond motifs is 3. The summed E-state index contributed by atoms with van der Waals surface area (Å²) in [6.07, 6.45) is 4.40. The van der Waals surface area contributed by atoms with Gasteiger partial charge in [-0.15, -0.1) is 11.3 Å². The third-order valence-corrected chi connectivity index (χ3v) is 5.92. The van der Waals surface area contributed by atoms with E-state index in [1.807, 2.05) is 0 Å². The van der Waals surface area contributed by atoms with Gasteiger partial charge in [-0.1, -0.05) is 6.92 Å². The maximum absolute atomic E-state index is 12.5. The number of aromatic nitrogens is 2. The zero-order valence-electron chi connectivity index (χ0n) is 13.3. The first kappa shape index (κ1) is 14.9. The first-order valence-electron chi connectivity index (χ1n) is 8.28. The molecule has 122 valence electrons. The van der Waals surface area contributed by atoms with E-state index in [0.717, 1.165) is 42.3 Å². The number of hydrogen-bond donors (Lipinski definition) is 1. The van der Waals surface area contributed by atoms with Crippen LogP contribution >= 0.6 is 11.3 Å². The lowest BCUT2D eigenvalue weighted by molar-refractivity contribution is -0.150. The molecular formula is C17H20N2O3S. The number of rotatable bonds is 3. The van der Waals surface area contributed by atoms with Crippen LogP contribution in [0.25, 0.3) is 10.2 Å². The summed E-state index contributed by atoms with van der Waals surface area (Å²) in [5.74, 6) is 0.971. The van der Waals surface area contributed by atoms with Crippen LogP contribution in [0.1, 0.15) is 55.5 Å². The zero-order valence-corrected chi connectivity index (χ0v) is 14.2. The van der Waals surface area contributed by atoms with E-state index in [1.165, 1.54) is 10.4 Å². The summed E-state index contributed by atoms with van der Waals surface area (Å²) in [7, 11) is 0. The standard InChI is InChI=1S/C17H20N2O3S/c1-8-3-6-11-12(7-8)23-16-13(11)15(20)18-14(19-16)9(2)22-17(21)10-4-5-10/h8-10H,3-7H2,1-2H3,(H,18,19,20)/t8-,9+/m1/s1. The van der Waals surface area contributed by atoms with E-state index in [2.05, 4.69) is 16.9 Å². The van der Waals surface area contributed by atoms with Gasteiger partial charge in [0.2, 0.25) is 0 Å². The molecule has 5 nitrogen and oxygen atoms in total. The monoisotopic (exact) mass is 332 g/mol. The van der Waals surface area contributed by atoms with E-state index in [0.29, 0.717) is 11.7 Å². The van der Waals surface area contributed by atoms with Crippen LogP contribution in [0.4, 0.5) is 0 Å². The number of thiophene rings is 1. The lowest BCUT2D eigenvalue weighted by atomic mass is 9.89. The fourth-order valence-corrected chi connectivity index (χ4v) is 4.59. The molecule has 2 aromatic rings. The van der Waals surface area contributed by atoms with Gasteiger partial charge in [-0.05, 0) is 50.5 Å². The molecule has 2 heterocycles. The van der Waals surface area contributed by atoms with Gasteiger partial charge < -0.3 is 9.72 Å². The molecule has 0 aliphatic heterocycles. The lowest BCUT2D eigenvalue weighted by Gasteiger charge is -2.17. The van der Waals surface area contributed by atoms with Gasteiger partial charge in [0, 0.05) is 4.88 Å². The molecule has 2 aromatic heterocycles. The van der Waals surface area contributed by atoms with Crippen molar-refractivity contribution in [2.24, 2.45) is 11.8 Å². The molecule has 0 aromatic carbocycles. The van der Waals surface area contributed by atoms with Gasteiger partial charge >= 0.3 is 5.97 Å². The van der Waals surface area contributed by atoms with Crippen molar-refractivity contribution in [2.75, 3.05) is 0 Å². The van der Waals surface area contributed by atoms with Crippen molar-refractivity contribution in [1.82, 2.24) is 9.97 Å². The Hall–Kier alpha value is -1.69. The number of nitrogens with one attached hydrogen (secondary N) is 1. The van der Waals surface area contributed by atoms with Gasteiger partial charge in [0.15, 0.2) is 11.9 Å². The Morgan fingerprint density at radius 1 is 1.39 bits per heavy atom. The van der Waals surface area contributed by atoms with Crippen LogP contribution in [0.5, 0.6) is 0 Å². The second-order valence-electron chi connectivity index (χ2n) is 6.84. The van der Waals surface area contributed by atoms with Crippen LogP contribution in [0.15, 0.2) is 4.79 Å². The van der Waals surface area contributed by atoms with Crippen molar-refractivity contribution in [2.45, 2.75) is 52.1 Å². The molecule has 1 N–H and O–H groups in total. The highest BCUT2D eigenvalue weighted by Gasteiger charge is 2.33. The van der Waals surface area contributed by atoms with Crippen LogP contribution < -0.4 is 5.56 Å². The van der Waals surface area contributed by atoms with Gasteiger partial charge in [0.25, 0.3) is 5.56 Å². The van der Waals surface area contributed by atoms with Gasteiger partial charge in [-0.2, -0.15) is 0 Å². The van der Waals surface area contributed by atoms with Crippen LogP contribution in [-0.4, -0.2) is 15.9 Å². The minimum Gasteiger partial charge on any atom is -0.454 e. The van der Waals surface area contributed by atoms with E-state index in [4.69, 9.17) is 4.74 Å². The smallest absolute Gasteiger partial charge is 0.309 e. The first-order valence-corrected chi connectivity index (χ1v) is 9.09. The maximum atomic E-state index is 12.5. The summed E-state index contributed by atoms with van der Waals surface area (Å²) in [4.78, 5) is 33.8. The lowest BCUT2D eigenvalue weighted by Crippen LogP contribution is -2.18. The minimum atomic E-state index is -0.516. The normalized spacial score (nSPS) is 21.9. The summed E-state index contributed by atoms with van der Waals surface area (Å²) in [5, 5.41) is 0.737. The van der Waals surface area contributed by atoms with E-state index >= 15 is 0 Å². The Bertz CT molecular complexity index is 834. The van der Waals surface area contributed by atoms with Crippen molar-refractivity contribution in [1.29, 1.82) is 0 Å². The Kier molecular flexibility index (Phi) is 3.52. The number of nitrogens with zero attached hydrogens (tertiary/aromatic N) is 1. The molecule has 2 aliphatic carbocycles. The molecule has 0 amide bonds. The highest BCUT2D eigenvalue weighted by atomic mass is 32.1. The molecule has 2 atom stereocenters. The van der Waals surface area contributed by atoms with Crippen LogP contribution in [0, 0.1) is 11.8 Å². The van der Waals surface area contributed by atoms with Gasteiger partial charge in [-0.25, -0.2) is 4.98 Å². The molecule has 0 bridgehead atoms. The average Bonchev–Trinajstić information content (AvgIpc) is 3.28. The average molecular weight is 332 g/mol. The summed E-state index contributed by atoms with van der Waals surface area (Å²) >= 11 is 1.62. The van der Waals surface area contributed by atoms with Crippen LogP contribution in [0.3, 0.4) is 0 Å². The Morgan fingerprint density at radius 3 is 2.91 bits per heavy atom. The van der Waals surface area contributed by atoms with Gasteiger partial charge in [0.05, 0.1) is 11.3 Å². The summed E-state index contributed by atoms with van der Waals surface area (Å²) < 4.78 is 5.42. The number of carbonyl (C=O) groups excluding carboxylic acids is 1. The molecule has 0 spiro atoms. The maximum Gasteiger partial charge on any atom is 0.309 e. The SMILES string of the molecule is C[C@@H]1CCc2c(sc3nc([C@H](C)OC(=O)C4CC4)[nH]c(=O)c23)C1. The number of aromatic amines is 1. The Labute approximate surface area is 138 Å². The van der Waals surface area contributed by atoms with Crippen LogP contribution in [0.2, 0.25) is 0 Å². The summed E-state index contributed by atoms with van der Waals surface area (Å²) in [6.45, 7) is 4.01. The van der Waals surface area contributed by atoms with E-state index in [9.17, 15) is 9.59 Å². The zero-order chi connectivity index (χ0) is 16.1. The second kappa shape index (κ2) is 5.44. The quantitative estimate of drug-likeness (QED) is 0.877. The number of aryl methyl sites for hydroxylation is 1. The molecule has 4 rings (SSSR count). The third-order valence-electron chi connectivity index (χ3n) is 4.77. The van der Waals surface area contributed by atoms with Crippen molar-refractivity contribution in [3.8, 4) is 0 Å². The molecule has 1 saturated carbocycles. The fourth-order valence-electron chi connectivity index (χ4n) is 3.20. The second-order valence-corrected chi connectivity index (χ2v) is 7.92. The highest BCUT2D eigenvalue weighted by Crippen LogP contribution is 2.36. The van der Waals surface area contributed by atoms with E-state index in [1.54, 1.807) is 18.3 Å². The number of esters is 1. The van der Waals surface area contributed by atoms with Crippen molar-refractivity contribution in [3.05, 3.63) is 26.6 Å². The van der Waals surface area contributed by atoms with Crippen molar-refractivity contribution < 1.29 is 9.53 Å². The van der Waals surface area contributed by atoms with Crippen molar-refractivity contribution in [3.63, 3.8) is 0 Å². The molecule has 0 radical (unpaired) electrons. The van der Waals surface area contributed by atoms with E-state index in [-0.39, 0.29) is 17.4 Å². The third kappa shape index (κ3) is 2.69. The predicted octanol–water partition coefficient (Wildman–Crippen LogP) is 3.12. The molecule has 0 saturated heterocycles. The first-order chi connectivity index (χ1) is 11.0. The van der Waals surface area contributed by atoms with Gasteiger partial charge in [-0.3, -0.25) is 9.59 Å². The molecular weight excluding hydrogens is 312 g/mol. The largest absolute Gasteiger partial charge is 0.454 e. The Morgan fingerprint density at radius 2 is 2.17 bits per heavy atom. The summed E-state index contributed by atoms with van der Waals surface area (Å²) in [6, 6.07) is 0. The number of H-pyrrole nitrogens is 1. The molecule has 0 unspecified atom stereocenters. The number of hydrogen-bond acceptors (Lipinski definition) is 5. The minimum absolute atomic E-state index is 0.0449. The molecule has 6 heteroatoms. The van der Waals surface area contributed by atoms with E-state index < -0.39 is 6.10 Å².